The molecule has 0 aliphatic rings. The number of hydrogen-bond acceptors (Lipinski definition) is 2. The van der Waals surface area contributed by atoms with Crippen molar-refractivity contribution in [3.05, 3.63) is 11.8 Å². The van der Waals surface area contributed by atoms with Crippen molar-refractivity contribution in [2.45, 2.75) is 6.92 Å². The molecule has 0 atom stereocenters. The van der Waals surface area contributed by atoms with Gasteiger partial charge in [-0.1, -0.05) is 6.08 Å². The summed E-state index contributed by atoms with van der Waals surface area (Å²) in [5.74, 6) is -0.141. The second kappa shape index (κ2) is 3.12. The van der Waals surface area contributed by atoms with Gasteiger partial charge in [-0.3, -0.25) is 4.79 Å². The van der Waals surface area contributed by atoms with Gasteiger partial charge in [0, 0.05) is 14.1 Å². The first-order chi connectivity index (χ1) is 4.09. The van der Waals surface area contributed by atoms with Crippen LogP contribution in [0.5, 0.6) is 0 Å². The Morgan fingerprint density at radius 3 is 2.11 bits per heavy atom. The van der Waals surface area contributed by atoms with E-state index < -0.39 is 0 Å². The molecule has 0 saturated carbocycles. The van der Waals surface area contributed by atoms with Crippen LogP contribution in [0, 0.1) is 0 Å². The van der Waals surface area contributed by atoms with Crippen LogP contribution in [0.4, 0.5) is 0 Å². The number of nitrogens with zero attached hydrogens (tertiary/aromatic N) is 1. The van der Waals surface area contributed by atoms with E-state index >= 15 is 0 Å². The monoisotopic (exact) mass is 128 g/mol. The zero-order valence-corrected chi connectivity index (χ0v) is 6.01. The third-order valence-electron chi connectivity index (χ3n) is 0.964. The Kier molecular flexibility index (Phi) is 2.78. The van der Waals surface area contributed by atoms with Crippen LogP contribution in [0.3, 0.4) is 0 Å². The van der Waals surface area contributed by atoms with Gasteiger partial charge in [0.1, 0.15) is 0 Å². The highest BCUT2D eigenvalue weighted by atomic mass is 16.2. The summed E-state index contributed by atoms with van der Waals surface area (Å²) in [6.07, 6.45) is 1.59. The van der Waals surface area contributed by atoms with Crippen molar-refractivity contribution in [1.29, 1.82) is 0 Å². The normalized spacial score (nSPS) is 11.2. The fourth-order valence-corrected chi connectivity index (χ4v) is 0.382. The van der Waals surface area contributed by atoms with Gasteiger partial charge in [0.25, 0.3) is 5.91 Å². The highest BCUT2D eigenvalue weighted by Crippen LogP contribution is 1.87. The van der Waals surface area contributed by atoms with E-state index in [0.717, 1.165) is 0 Å². The molecular weight excluding hydrogens is 116 g/mol. The summed E-state index contributed by atoms with van der Waals surface area (Å²) in [5.41, 5.74) is 5.58. The highest BCUT2D eigenvalue weighted by Gasteiger charge is 2.03. The van der Waals surface area contributed by atoms with Gasteiger partial charge in [0.2, 0.25) is 0 Å². The lowest BCUT2D eigenvalue weighted by Gasteiger charge is -2.08. The van der Waals surface area contributed by atoms with Gasteiger partial charge < -0.3 is 10.6 Å². The van der Waals surface area contributed by atoms with Crippen molar-refractivity contribution in [2.24, 2.45) is 5.73 Å². The van der Waals surface area contributed by atoms with E-state index in [9.17, 15) is 4.79 Å². The van der Waals surface area contributed by atoms with Crippen molar-refractivity contribution in [3.63, 3.8) is 0 Å². The minimum atomic E-state index is -0.141. The average molecular weight is 128 g/mol. The molecule has 3 nitrogen and oxygen atoms in total. The van der Waals surface area contributed by atoms with Crippen molar-refractivity contribution in [2.75, 3.05) is 14.1 Å². The van der Waals surface area contributed by atoms with Crippen molar-refractivity contribution in [3.8, 4) is 0 Å². The predicted octanol–water partition coefficient (Wildman–Crippen LogP) is -0.0629. The standard InChI is InChI=1S/C6H12N2O/c1-4-5(7)6(9)8(2)3/h4H,7H2,1-3H3/b5-4-. The van der Waals surface area contributed by atoms with Crippen LogP contribution < -0.4 is 5.73 Å². The first kappa shape index (κ1) is 8.01. The van der Waals surface area contributed by atoms with Crippen LogP contribution in [0.2, 0.25) is 0 Å². The molecule has 0 radical (unpaired) electrons. The number of rotatable bonds is 1. The van der Waals surface area contributed by atoms with Crippen LogP contribution in [-0.2, 0) is 4.79 Å². The van der Waals surface area contributed by atoms with Gasteiger partial charge in [0.05, 0.1) is 5.70 Å². The largest absolute Gasteiger partial charge is 0.395 e. The minimum Gasteiger partial charge on any atom is -0.395 e. The molecule has 1 amide bonds. The average Bonchev–Trinajstić information content (AvgIpc) is 1.84. The Bertz CT molecular complexity index is 138. The van der Waals surface area contributed by atoms with E-state index in [1.165, 1.54) is 4.90 Å². The topological polar surface area (TPSA) is 46.3 Å². The van der Waals surface area contributed by atoms with Gasteiger partial charge in [-0.25, -0.2) is 0 Å². The van der Waals surface area contributed by atoms with E-state index in [0.29, 0.717) is 5.70 Å². The number of carbonyl (C=O) groups is 1. The molecule has 0 bridgehead atoms. The predicted molar refractivity (Wildman–Crippen MR) is 36.6 cm³/mol. The fraction of sp³-hybridized carbons (Fsp3) is 0.500. The maximum absolute atomic E-state index is 10.8. The molecule has 2 N–H and O–H groups in total. The first-order valence-corrected chi connectivity index (χ1v) is 2.73. The molecule has 0 unspecified atom stereocenters. The summed E-state index contributed by atoms with van der Waals surface area (Å²) in [4.78, 5) is 12.2. The van der Waals surface area contributed by atoms with Gasteiger partial charge in [-0.05, 0) is 6.92 Å². The van der Waals surface area contributed by atoms with Crippen molar-refractivity contribution >= 4 is 5.91 Å². The molecule has 52 valence electrons. The Morgan fingerprint density at radius 1 is 1.56 bits per heavy atom. The summed E-state index contributed by atoms with van der Waals surface area (Å²) in [7, 11) is 3.33. The number of carbonyl (C=O) groups excluding carboxylic acids is 1. The molecule has 0 aliphatic heterocycles. The minimum absolute atomic E-state index is 0.141. The molecule has 0 fully saturated rings. The quantitative estimate of drug-likeness (QED) is 0.503. The second-order valence-corrected chi connectivity index (χ2v) is 1.94. The summed E-state index contributed by atoms with van der Waals surface area (Å²) in [6.45, 7) is 1.73. The summed E-state index contributed by atoms with van der Waals surface area (Å²) in [6, 6.07) is 0. The number of hydrogen-bond donors (Lipinski definition) is 1. The van der Waals surface area contributed by atoms with E-state index in [-0.39, 0.29) is 5.91 Å². The van der Waals surface area contributed by atoms with Crippen LogP contribution in [0.25, 0.3) is 0 Å². The maximum atomic E-state index is 10.8. The van der Waals surface area contributed by atoms with Crippen molar-refractivity contribution in [1.82, 2.24) is 4.90 Å². The van der Waals surface area contributed by atoms with Gasteiger partial charge in [0.15, 0.2) is 0 Å². The van der Waals surface area contributed by atoms with E-state index in [1.54, 1.807) is 27.1 Å². The SMILES string of the molecule is C/C=C(\N)C(=O)N(C)C. The van der Waals surface area contributed by atoms with Gasteiger partial charge in [-0.2, -0.15) is 0 Å². The molecule has 0 aliphatic carbocycles. The summed E-state index contributed by atoms with van der Waals surface area (Å²) >= 11 is 0. The molecule has 0 saturated heterocycles. The third-order valence-corrected chi connectivity index (χ3v) is 0.964. The number of allylic oxidation sites excluding steroid dienone is 1. The van der Waals surface area contributed by atoms with Crippen molar-refractivity contribution < 1.29 is 4.79 Å². The molecule has 0 rings (SSSR count). The van der Waals surface area contributed by atoms with Crippen LogP contribution in [-0.4, -0.2) is 24.9 Å². The molecule has 3 heteroatoms. The van der Waals surface area contributed by atoms with E-state index in [2.05, 4.69) is 0 Å². The molecular formula is C6H12N2O. The molecule has 9 heavy (non-hydrogen) atoms. The maximum Gasteiger partial charge on any atom is 0.268 e. The van der Waals surface area contributed by atoms with E-state index in [4.69, 9.17) is 5.73 Å². The lowest BCUT2D eigenvalue weighted by molar-refractivity contribution is -0.124. The van der Waals surface area contributed by atoms with Gasteiger partial charge in [-0.15, -0.1) is 0 Å². The molecule has 0 aromatic rings. The highest BCUT2D eigenvalue weighted by molar-refractivity contribution is 5.91. The van der Waals surface area contributed by atoms with Crippen LogP contribution in [0.1, 0.15) is 6.92 Å². The number of likely N-dealkylation sites (N-methyl/N-ethyl adjacent to an activating group) is 1. The molecule has 0 aromatic heterocycles. The van der Waals surface area contributed by atoms with Gasteiger partial charge >= 0.3 is 0 Å². The lowest BCUT2D eigenvalue weighted by atomic mass is 10.4. The molecule has 0 spiro atoms. The molecule has 0 aromatic carbocycles. The second-order valence-electron chi connectivity index (χ2n) is 1.94. The fourth-order valence-electron chi connectivity index (χ4n) is 0.382. The number of amides is 1. The zero-order chi connectivity index (χ0) is 7.44. The van der Waals surface area contributed by atoms with Crippen LogP contribution >= 0.6 is 0 Å². The summed E-state index contributed by atoms with van der Waals surface area (Å²) < 4.78 is 0. The zero-order valence-electron chi connectivity index (χ0n) is 6.01. The Labute approximate surface area is 55.1 Å². The third kappa shape index (κ3) is 2.17. The first-order valence-electron chi connectivity index (χ1n) is 2.73. The number of nitrogens with two attached hydrogens (primary N) is 1. The Hall–Kier alpha value is -0.990. The van der Waals surface area contributed by atoms with Crippen LogP contribution in [0.15, 0.2) is 11.8 Å². The summed E-state index contributed by atoms with van der Waals surface area (Å²) in [5, 5.41) is 0. The molecule has 0 heterocycles. The lowest BCUT2D eigenvalue weighted by Crippen LogP contribution is -2.27. The Morgan fingerprint density at radius 2 is 2.00 bits per heavy atom. The van der Waals surface area contributed by atoms with E-state index in [1.807, 2.05) is 0 Å². The Balaban J connectivity index is 4.06. The smallest absolute Gasteiger partial charge is 0.268 e.